The first-order valence-electron chi connectivity index (χ1n) is 9.36. The van der Waals surface area contributed by atoms with Gasteiger partial charge in [-0.25, -0.2) is 9.78 Å². The van der Waals surface area contributed by atoms with Crippen LogP contribution in [0, 0.1) is 0 Å². The van der Waals surface area contributed by atoms with E-state index in [1.54, 1.807) is 43.5 Å². The maximum absolute atomic E-state index is 12.4. The van der Waals surface area contributed by atoms with E-state index in [2.05, 4.69) is 20.5 Å². The van der Waals surface area contributed by atoms with Crippen LogP contribution >= 0.6 is 0 Å². The number of ether oxygens (including phenoxy) is 2. The second-order valence-corrected chi connectivity index (χ2v) is 6.65. The third kappa shape index (κ3) is 5.58. The van der Waals surface area contributed by atoms with Crippen LogP contribution in [0.25, 0.3) is 0 Å². The average Bonchev–Trinajstić information content (AvgIpc) is 3.18. The molecule has 0 saturated carbocycles. The molecule has 1 aliphatic heterocycles. The highest BCUT2D eigenvalue weighted by atomic mass is 16.6. The Kier molecular flexibility index (Phi) is 6.85. The summed E-state index contributed by atoms with van der Waals surface area (Å²) in [4.78, 5) is 30.6. The number of nitrogens with one attached hydrogen (secondary N) is 2. The number of alkyl carbamates (subject to hydrolysis) is 1. The maximum Gasteiger partial charge on any atom is 0.407 e. The first kappa shape index (κ1) is 20.4. The molecular formula is C20H25N5O4. The molecule has 9 heteroatoms. The van der Waals surface area contributed by atoms with Gasteiger partial charge in [0.05, 0.1) is 29.6 Å². The van der Waals surface area contributed by atoms with E-state index in [0.29, 0.717) is 30.1 Å². The van der Waals surface area contributed by atoms with Crippen molar-refractivity contribution in [2.24, 2.45) is 0 Å². The van der Waals surface area contributed by atoms with Gasteiger partial charge in [0.25, 0.3) is 5.91 Å². The number of para-hydroxylation sites is 2. The second-order valence-electron chi connectivity index (χ2n) is 6.65. The van der Waals surface area contributed by atoms with Gasteiger partial charge >= 0.3 is 6.09 Å². The van der Waals surface area contributed by atoms with Crippen LogP contribution in [-0.4, -0.2) is 56.4 Å². The zero-order chi connectivity index (χ0) is 20.6. The molecule has 1 aromatic carbocycles. The number of carbonyl (C=O) groups is 2. The van der Waals surface area contributed by atoms with Gasteiger partial charge < -0.3 is 30.7 Å². The van der Waals surface area contributed by atoms with Crippen LogP contribution in [-0.2, 0) is 9.47 Å². The molecule has 9 nitrogen and oxygen atoms in total. The Bertz CT molecular complexity index is 843. The summed E-state index contributed by atoms with van der Waals surface area (Å²) in [5.74, 6) is 0.472. The summed E-state index contributed by atoms with van der Waals surface area (Å²) in [6, 6.07) is 10.6. The number of benzene rings is 1. The molecule has 2 amide bonds. The number of pyridine rings is 1. The number of anilines is 3. The van der Waals surface area contributed by atoms with E-state index in [4.69, 9.17) is 15.2 Å². The number of hydrogen-bond acceptors (Lipinski definition) is 7. The van der Waals surface area contributed by atoms with Crippen LogP contribution in [0.5, 0.6) is 0 Å². The minimum absolute atomic E-state index is 0.0177. The fourth-order valence-electron chi connectivity index (χ4n) is 3.02. The van der Waals surface area contributed by atoms with Gasteiger partial charge in [0.1, 0.15) is 12.4 Å². The van der Waals surface area contributed by atoms with E-state index in [1.165, 1.54) is 6.20 Å². The van der Waals surface area contributed by atoms with Crippen molar-refractivity contribution in [3.63, 3.8) is 0 Å². The van der Waals surface area contributed by atoms with E-state index in [1.807, 2.05) is 0 Å². The molecule has 4 N–H and O–H groups in total. The van der Waals surface area contributed by atoms with Crippen LogP contribution in [0.1, 0.15) is 16.8 Å². The quantitative estimate of drug-likeness (QED) is 0.480. The fourth-order valence-corrected chi connectivity index (χ4v) is 3.02. The Morgan fingerprint density at radius 3 is 2.79 bits per heavy atom. The summed E-state index contributed by atoms with van der Waals surface area (Å²) in [5, 5.41) is 5.61. The summed E-state index contributed by atoms with van der Waals surface area (Å²) < 4.78 is 9.87. The van der Waals surface area contributed by atoms with E-state index in [9.17, 15) is 9.59 Å². The summed E-state index contributed by atoms with van der Waals surface area (Å²) >= 11 is 0. The van der Waals surface area contributed by atoms with Crippen molar-refractivity contribution in [3.05, 3.63) is 48.2 Å². The molecule has 2 heterocycles. The SMILES string of the molecule is COCCOC(=O)N[C@H]1CCN(c2ccc(C(=O)Nc3ccccc3N)cn2)C1. The first-order valence-corrected chi connectivity index (χ1v) is 9.36. The highest BCUT2D eigenvalue weighted by Gasteiger charge is 2.25. The molecule has 1 aliphatic rings. The molecule has 3 rings (SSSR count). The van der Waals surface area contributed by atoms with Crippen LogP contribution in [0.2, 0.25) is 0 Å². The molecule has 0 radical (unpaired) electrons. The van der Waals surface area contributed by atoms with E-state index < -0.39 is 6.09 Å². The number of nitrogen functional groups attached to an aromatic ring is 1. The van der Waals surface area contributed by atoms with Crippen molar-refractivity contribution in [2.45, 2.75) is 12.5 Å². The molecule has 29 heavy (non-hydrogen) atoms. The number of rotatable bonds is 7. The molecule has 0 bridgehead atoms. The zero-order valence-electron chi connectivity index (χ0n) is 16.3. The number of amides is 2. The average molecular weight is 399 g/mol. The molecule has 0 aliphatic carbocycles. The van der Waals surface area contributed by atoms with Crippen molar-refractivity contribution in [3.8, 4) is 0 Å². The predicted octanol–water partition coefficient (Wildman–Crippen LogP) is 1.87. The zero-order valence-corrected chi connectivity index (χ0v) is 16.3. The van der Waals surface area contributed by atoms with Gasteiger partial charge in [-0.1, -0.05) is 12.1 Å². The number of methoxy groups -OCH3 is 1. The largest absolute Gasteiger partial charge is 0.447 e. The molecular weight excluding hydrogens is 374 g/mol. The molecule has 0 spiro atoms. The highest BCUT2D eigenvalue weighted by molar-refractivity contribution is 6.05. The molecule has 0 unspecified atom stereocenters. The maximum atomic E-state index is 12.4. The third-order valence-corrected chi connectivity index (χ3v) is 4.57. The fraction of sp³-hybridized carbons (Fsp3) is 0.350. The molecule has 1 atom stereocenters. The first-order chi connectivity index (χ1) is 14.1. The minimum atomic E-state index is -0.450. The number of nitrogens with two attached hydrogens (primary N) is 1. The Labute approximate surface area is 169 Å². The number of hydrogen-bond donors (Lipinski definition) is 3. The van der Waals surface area contributed by atoms with E-state index in [-0.39, 0.29) is 18.6 Å². The van der Waals surface area contributed by atoms with Crippen molar-refractivity contribution < 1.29 is 19.1 Å². The van der Waals surface area contributed by atoms with Crippen molar-refractivity contribution in [2.75, 3.05) is 49.4 Å². The lowest BCUT2D eigenvalue weighted by molar-refractivity contribution is 0.0968. The summed E-state index contributed by atoms with van der Waals surface area (Å²) in [6.45, 7) is 1.96. The van der Waals surface area contributed by atoms with Crippen molar-refractivity contribution in [1.29, 1.82) is 0 Å². The van der Waals surface area contributed by atoms with Gasteiger partial charge in [-0.15, -0.1) is 0 Å². The lowest BCUT2D eigenvalue weighted by atomic mass is 10.2. The number of nitrogens with zero attached hydrogens (tertiary/aromatic N) is 2. The Balaban J connectivity index is 1.52. The highest BCUT2D eigenvalue weighted by Crippen LogP contribution is 2.20. The topological polar surface area (TPSA) is 119 Å². The van der Waals surface area contributed by atoms with Crippen LogP contribution in [0.3, 0.4) is 0 Å². The van der Waals surface area contributed by atoms with E-state index in [0.717, 1.165) is 18.8 Å². The van der Waals surface area contributed by atoms with Gasteiger partial charge in [0.2, 0.25) is 0 Å². The summed E-state index contributed by atoms with van der Waals surface area (Å²) in [7, 11) is 1.55. The van der Waals surface area contributed by atoms with Gasteiger partial charge in [-0.05, 0) is 30.7 Å². The predicted molar refractivity (Wildman–Crippen MR) is 110 cm³/mol. The standard InChI is InChI=1S/C20H25N5O4/c1-28-10-11-29-20(27)23-15-8-9-25(13-15)18-7-6-14(12-22-18)19(26)24-17-5-3-2-4-16(17)21/h2-7,12,15H,8-11,13,21H2,1H3,(H,23,27)(H,24,26)/t15-/m0/s1. The Morgan fingerprint density at radius 1 is 1.24 bits per heavy atom. The smallest absolute Gasteiger partial charge is 0.407 e. The molecule has 1 fully saturated rings. The number of aromatic nitrogens is 1. The van der Waals surface area contributed by atoms with Crippen LogP contribution in [0.4, 0.5) is 22.0 Å². The van der Waals surface area contributed by atoms with Gasteiger partial charge in [0.15, 0.2) is 0 Å². The third-order valence-electron chi connectivity index (χ3n) is 4.57. The second kappa shape index (κ2) is 9.74. The van der Waals surface area contributed by atoms with Gasteiger partial charge in [-0.3, -0.25) is 4.79 Å². The molecule has 1 aromatic heterocycles. The summed E-state index contributed by atoms with van der Waals surface area (Å²) in [6.07, 6.45) is 1.87. The van der Waals surface area contributed by atoms with Crippen molar-refractivity contribution >= 4 is 29.2 Å². The monoisotopic (exact) mass is 399 g/mol. The molecule has 154 valence electrons. The van der Waals surface area contributed by atoms with Gasteiger partial charge in [-0.2, -0.15) is 0 Å². The van der Waals surface area contributed by atoms with Crippen LogP contribution < -0.4 is 21.3 Å². The lowest BCUT2D eigenvalue weighted by Crippen LogP contribution is -2.38. The van der Waals surface area contributed by atoms with Gasteiger partial charge in [0, 0.05) is 26.4 Å². The molecule has 2 aromatic rings. The minimum Gasteiger partial charge on any atom is -0.447 e. The normalized spacial score (nSPS) is 15.8. The van der Waals surface area contributed by atoms with E-state index >= 15 is 0 Å². The lowest BCUT2D eigenvalue weighted by Gasteiger charge is -2.18. The summed E-state index contributed by atoms with van der Waals surface area (Å²) in [5.41, 5.74) is 7.35. The number of carbonyl (C=O) groups excluding carboxylic acids is 2. The van der Waals surface area contributed by atoms with Crippen LogP contribution in [0.15, 0.2) is 42.6 Å². The Hall–Kier alpha value is -3.33. The molecule has 1 saturated heterocycles. The Morgan fingerprint density at radius 2 is 2.07 bits per heavy atom. The van der Waals surface area contributed by atoms with Crippen molar-refractivity contribution in [1.82, 2.24) is 10.3 Å².